The Kier molecular flexibility index (Phi) is 2.82. The van der Waals surface area contributed by atoms with E-state index >= 15 is 0 Å². The molecular formula is C7H9N3O3S. The number of esters is 1. The lowest BCUT2D eigenvalue weighted by Gasteiger charge is -2.05. The third-order valence-electron chi connectivity index (χ3n) is 1.48. The zero-order valence-electron chi connectivity index (χ0n) is 7.39. The van der Waals surface area contributed by atoms with Crippen LogP contribution in [0.2, 0.25) is 0 Å². The maximum absolute atomic E-state index is 11.2. The molecule has 0 amide bonds. The molecule has 0 radical (unpaired) electrons. The summed E-state index contributed by atoms with van der Waals surface area (Å²) in [6, 6.07) is 2.76. The molecule has 0 spiro atoms. The minimum Gasteiger partial charge on any atom is -0.464 e. The molecular weight excluding hydrogens is 206 g/mol. The Morgan fingerprint density at radius 2 is 2.36 bits per heavy atom. The lowest BCUT2D eigenvalue weighted by atomic mass is 10.3. The van der Waals surface area contributed by atoms with E-state index in [1.165, 1.54) is 25.4 Å². The molecule has 1 unspecified atom stereocenters. The van der Waals surface area contributed by atoms with Crippen molar-refractivity contribution in [2.75, 3.05) is 7.11 Å². The van der Waals surface area contributed by atoms with E-state index in [0.717, 1.165) is 0 Å². The van der Waals surface area contributed by atoms with Crippen molar-refractivity contribution >= 4 is 15.9 Å². The lowest BCUT2D eigenvalue weighted by molar-refractivity contribution is 0.0589. The largest absolute Gasteiger partial charge is 0.464 e. The average molecular weight is 215 g/mol. The Balaban J connectivity index is 3.38. The summed E-state index contributed by atoms with van der Waals surface area (Å²) in [5.41, 5.74) is -0.183. The smallest absolute Gasteiger partial charge is 0.358 e. The van der Waals surface area contributed by atoms with Crippen LogP contribution < -0.4 is 5.14 Å². The molecule has 0 bridgehead atoms. The molecule has 1 rings (SSSR count). The number of nitrogens with two attached hydrogens (primary N) is 1. The van der Waals surface area contributed by atoms with E-state index < -0.39 is 15.9 Å². The van der Waals surface area contributed by atoms with E-state index in [2.05, 4.69) is 9.72 Å². The Morgan fingerprint density at radius 1 is 1.71 bits per heavy atom. The highest BCUT2D eigenvalue weighted by Crippen LogP contribution is 2.11. The van der Waals surface area contributed by atoms with E-state index in [1.54, 1.807) is 0 Å². The number of hydrogen-bond donors (Lipinski definition) is 2. The maximum atomic E-state index is 11.2. The lowest BCUT2D eigenvalue weighted by Crippen LogP contribution is -2.17. The first kappa shape index (κ1) is 10.6. The van der Waals surface area contributed by atoms with E-state index in [4.69, 9.17) is 9.92 Å². The summed E-state index contributed by atoms with van der Waals surface area (Å²) in [5.74, 6) is -0.758. The number of hydrogen-bond acceptors (Lipinski definition) is 5. The fourth-order valence-corrected chi connectivity index (χ4v) is 1.59. The van der Waals surface area contributed by atoms with Crippen molar-refractivity contribution in [3.63, 3.8) is 0 Å². The van der Waals surface area contributed by atoms with E-state index in [1.807, 2.05) is 0 Å². The van der Waals surface area contributed by atoms with Crippen LogP contribution in [-0.2, 0) is 14.7 Å². The summed E-state index contributed by atoms with van der Waals surface area (Å²) in [7, 11) is -2.28. The molecule has 76 valence electrons. The molecule has 0 aliphatic carbocycles. The first-order chi connectivity index (χ1) is 6.46. The van der Waals surface area contributed by atoms with Crippen LogP contribution in [-0.4, -0.2) is 22.3 Å². The van der Waals surface area contributed by atoms with Gasteiger partial charge in [0.25, 0.3) is 0 Å². The van der Waals surface area contributed by atoms with Gasteiger partial charge in [0.15, 0.2) is 5.69 Å². The van der Waals surface area contributed by atoms with Crippen molar-refractivity contribution in [3.8, 4) is 0 Å². The van der Waals surface area contributed by atoms with E-state index in [-0.39, 0.29) is 10.6 Å². The number of carbonyl (C=O) groups is 1. The third-order valence-corrected chi connectivity index (χ3v) is 2.46. The summed E-state index contributed by atoms with van der Waals surface area (Å²) in [6.07, 6.45) is 1.33. The fourth-order valence-electron chi connectivity index (χ4n) is 0.885. The predicted molar refractivity (Wildman–Crippen MR) is 48.9 cm³/mol. The number of carbonyl (C=O) groups excluding carboxylic acids is 1. The summed E-state index contributed by atoms with van der Waals surface area (Å²) in [6.45, 7) is 0. The molecule has 3 N–H and O–H groups in total. The average Bonchev–Trinajstić information content (AvgIpc) is 2.15. The van der Waals surface area contributed by atoms with Crippen LogP contribution >= 0.6 is 0 Å². The van der Waals surface area contributed by atoms with Gasteiger partial charge in [-0.25, -0.2) is 23.9 Å². The van der Waals surface area contributed by atoms with Gasteiger partial charge in [-0.3, -0.25) is 0 Å². The molecule has 1 aromatic rings. The Labute approximate surface area is 81.2 Å². The van der Waals surface area contributed by atoms with Crippen molar-refractivity contribution in [2.45, 2.75) is 4.90 Å². The van der Waals surface area contributed by atoms with Gasteiger partial charge in [-0.05, 0) is 12.1 Å². The third kappa shape index (κ3) is 2.06. The topological polar surface area (TPSA) is 106 Å². The van der Waals surface area contributed by atoms with Crippen molar-refractivity contribution in [1.29, 1.82) is 4.78 Å². The summed E-state index contributed by atoms with van der Waals surface area (Å²) < 4.78 is 22.8. The highest BCUT2D eigenvalue weighted by Gasteiger charge is 2.18. The zero-order valence-corrected chi connectivity index (χ0v) is 8.21. The molecule has 0 saturated heterocycles. The van der Waals surface area contributed by atoms with Crippen LogP contribution in [0.3, 0.4) is 0 Å². The molecule has 6 nitrogen and oxygen atoms in total. The number of nitrogens with one attached hydrogen (secondary N) is 1. The predicted octanol–water partition coefficient (Wildman–Crippen LogP) is 0.148. The molecule has 7 heteroatoms. The fraction of sp³-hybridized carbons (Fsp3) is 0.143. The second kappa shape index (κ2) is 3.72. The van der Waals surface area contributed by atoms with E-state index in [9.17, 15) is 9.00 Å². The van der Waals surface area contributed by atoms with Crippen LogP contribution in [0, 0.1) is 4.78 Å². The molecule has 0 saturated carbocycles. The number of rotatable bonds is 2. The molecule has 14 heavy (non-hydrogen) atoms. The molecule has 1 heterocycles. The molecule has 0 aromatic carbocycles. The Morgan fingerprint density at radius 3 is 2.86 bits per heavy atom. The number of methoxy groups -OCH3 is 1. The van der Waals surface area contributed by atoms with Crippen molar-refractivity contribution in [2.24, 2.45) is 5.14 Å². The van der Waals surface area contributed by atoms with Gasteiger partial charge in [-0.2, -0.15) is 0 Å². The van der Waals surface area contributed by atoms with Crippen molar-refractivity contribution in [1.82, 2.24) is 4.98 Å². The number of aromatic nitrogens is 1. The number of ether oxygens (including phenoxy) is 1. The van der Waals surface area contributed by atoms with Gasteiger partial charge < -0.3 is 4.74 Å². The van der Waals surface area contributed by atoms with Crippen LogP contribution in [0.25, 0.3) is 0 Å². The summed E-state index contributed by atoms with van der Waals surface area (Å²) in [4.78, 5) is 14.7. The van der Waals surface area contributed by atoms with Gasteiger partial charge >= 0.3 is 5.97 Å². The minimum absolute atomic E-state index is 0.119. The molecule has 0 fully saturated rings. The standard InChI is InChI=1S/C7H9N3O3S/c1-13-7(11)6-5(14(8,9)12)3-2-4-10-6/h2-4H,1H3,(H3,8,9,12). The Hall–Kier alpha value is -1.47. The van der Waals surface area contributed by atoms with Crippen LogP contribution in [0.5, 0.6) is 0 Å². The summed E-state index contributed by atoms with van der Waals surface area (Å²) in [5, 5.41) is 5.10. The second-order valence-electron chi connectivity index (χ2n) is 2.44. The van der Waals surface area contributed by atoms with Gasteiger partial charge in [-0.1, -0.05) is 0 Å². The summed E-state index contributed by atoms with van der Waals surface area (Å²) >= 11 is 0. The minimum atomic E-state index is -3.45. The monoisotopic (exact) mass is 215 g/mol. The number of pyridine rings is 1. The van der Waals surface area contributed by atoms with Gasteiger partial charge in [0.2, 0.25) is 0 Å². The molecule has 0 aliphatic rings. The molecule has 0 aliphatic heterocycles. The van der Waals surface area contributed by atoms with Crippen molar-refractivity contribution in [3.05, 3.63) is 24.0 Å². The second-order valence-corrected chi connectivity index (χ2v) is 4.08. The highest BCUT2D eigenvalue weighted by molar-refractivity contribution is 7.90. The van der Waals surface area contributed by atoms with Gasteiger partial charge in [0.1, 0.15) is 9.92 Å². The SMILES string of the molecule is COC(=O)c1ncccc1S(=N)(N)=O. The van der Waals surface area contributed by atoms with E-state index in [0.29, 0.717) is 0 Å². The molecule has 1 atom stereocenters. The van der Waals surface area contributed by atoms with Crippen molar-refractivity contribution < 1.29 is 13.7 Å². The first-order valence-corrected chi connectivity index (χ1v) is 5.19. The molecule has 1 aromatic heterocycles. The first-order valence-electron chi connectivity index (χ1n) is 3.56. The van der Waals surface area contributed by atoms with Crippen LogP contribution in [0.1, 0.15) is 10.5 Å². The van der Waals surface area contributed by atoms with Gasteiger partial charge in [0.05, 0.1) is 12.0 Å². The van der Waals surface area contributed by atoms with Crippen LogP contribution in [0.15, 0.2) is 23.2 Å². The number of nitrogens with zero attached hydrogens (tertiary/aromatic N) is 1. The normalized spacial score (nSPS) is 14.4. The van der Waals surface area contributed by atoms with Crippen LogP contribution in [0.4, 0.5) is 0 Å². The van der Waals surface area contributed by atoms with Gasteiger partial charge in [0, 0.05) is 6.20 Å². The zero-order chi connectivity index (χ0) is 10.8. The Bertz CT molecular complexity index is 455. The maximum Gasteiger partial charge on any atom is 0.358 e. The highest BCUT2D eigenvalue weighted by atomic mass is 32.2. The quantitative estimate of drug-likeness (QED) is 0.684. The van der Waals surface area contributed by atoms with Gasteiger partial charge in [-0.15, -0.1) is 0 Å².